The number of methoxy groups -OCH3 is 1. The summed E-state index contributed by atoms with van der Waals surface area (Å²) in [5.74, 6) is 1.02. The fourth-order valence-electron chi connectivity index (χ4n) is 2.38. The van der Waals surface area contributed by atoms with Crippen molar-refractivity contribution >= 4 is 41.7 Å². The summed E-state index contributed by atoms with van der Waals surface area (Å²) in [5.41, 5.74) is 1.90. The molecule has 0 aromatic heterocycles. The molecule has 0 atom stereocenters. The number of ether oxygens (including phenoxy) is 1. The van der Waals surface area contributed by atoms with Gasteiger partial charge in [-0.25, -0.2) is 0 Å². The molecule has 0 bridgehead atoms. The van der Waals surface area contributed by atoms with Gasteiger partial charge in [0.15, 0.2) is 0 Å². The van der Waals surface area contributed by atoms with Gasteiger partial charge in [-0.2, -0.15) is 0 Å². The maximum Gasteiger partial charge on any atom is 0.315 e. The number of thioether (sulfide) groups is 1. The molecule has 0 saturated carbocycles. The van der Waals surface area contributed by atoms with E-state index >= 15 is 0 Å². The zero-order valence-electron chi connectivity index (χ0n) is 13.2. The summed E-state index contributed by atoms with van der Waals surface area (Å²) >= 11 is 1.50. The number of amides is 1. The highest BCUT2D eigenvalue weighted by atomic mass is 35.5. The van der Waals surface area contributed by atoms with Gasteiger partial charge >= 0.3 is 5.97 Å². The van der Waals surface area contributed by atoms with Crippen LogP contribution in [0, 0.1) is 5.92 Å². The van der Waals surface area contributed by atoms with Crippen molar-refractivity contribution in [2.45, 2.75) is 18.6 Å². The van der Waals surface area contributed by atoms with E-state index in [1.165, 1.54) is 18.9 Å². The molecule has 2 rings (SSSR count). The van der Waals surface area contributed by atoms with Gasteiger partial charge in [0, 0.05) is 17.4 Å². The molecule has 7 heteroatoms. The van der Waals surface area contributed by atoms with E-state index in [9.17, 15) is 9.59 Å². The second-order valence-corrected chi connectivity index (χ2v) is 6.27. The van der Waals surface area contributed by atoms with Gasteiger partial charge < -0.3 is 15.4 Å². The van der Waals surface area contributed by atoms with Crippen LogP contribution in [0.3, 0.4) is 0 Å². The molecule has 1 amide bonds. The largest absolute Gasteiger partial charge is 0.468 e. The van der Waals surface area contributed by atoms with E-state index in [0.717, 1.165) is 37.2 Å². The van der Waals surface area contributed by atoms with Crippen molar-refractivity contribution in [1.29, 1.82) is 0 Å². The third kappa shape index (κ3) is 6.81. The second kappa shape index (κ2) is 10.5. The van der Waals surface area contributed by atoms with Crippen molar-refractivity contribution in [1.82, 2.24) is 5.32 Å². The van der Waals surface area contributed by atoms with Crippen LogP contribution >= 0.6 is 24.2 Å². The molecule has 0 aliphatic carbocycles. The maximum atomic E-state index is 12.2. The van der Waals surface area contributed by atoms with Crippen molar-refractivity contribution < 1.29 is 14.3 Å². The summed E-state index contributed by atoms with van der Waals surface area (Å²) in [4.78, 5) is 23.3. The first kappa shape index (κ1) is 19.8. The number of hydrogen-bond donors (Lipinski definition) is 2. The van der Waals surface area contributed by atoms with E-state index in [4.69, 9.17) is 0 Å². The number of esters is 1. The smallest absolute Gasteiger partial charge is 0.315 e. The predicted octanol–water partition coefficient (Wildman–Crippen LogP) is 2.45. The predicted molar refractivity (Wildman–Crippen MR) is 96.1 cm³/mol. The Kier molecular flexibility index (Phi) is 9.06. The van der Waals surface area contributed by atoms with E-state index in [0.29, 0.717) is 11.5 Å². The Morgan fingerprint density at radius 1 is 1.35 bits per heavy atom. The number of anilines is 1. The highest BCUT2D eigenvalue weighted by Crippen LogP contribution is 2.19. The van der Waals surface area contributed by atoms with Gasteiger partial charge in [0.1, 0.15) is 0 Å². The average molecular weight is 359 g/mol. The number of hydrogen-bond acceptors (Lipinski definition) is 5. The Balaban J connectivity index is 0.00000264. The fourth-order valence-corrected chi connectivity index (χ4v) is 3.18. The quantitative estimate of drug-likeness (QED) is 0.764. The molecule has 1 saturated heterocycles. The van der Waals surface area contributed by atoms with Gasteiger partial charge in [-0.05, 0) is 43.6 Å². The van der Waals surface area contributed by atoms with Crippen LogP contribution in [0.4, 0.5) is 5.69 Å². The van der Waals surface area contributed by atoms with E-state index < -0.39 is 0 Å². The lowest BCUT2D eigenvalue weighted by Crippen LogP contribution is -2.34. The van der Waals surface area contributed by atoms with Crippen LogP contribution in [0.15, 0.2) is 24.3 Å². The van der Waals surface area contributed by atoms with Gasteiger partial charge in [0.25, 0.3) is 0 Å². The summed E-state index contributed by atoms with van der Waals surface area (Å²) in [6, 6.07) is 7.77. The first-order valence-electron chi connectivity index (χ1n) is 7.44. The Bertz CT molecular complexity index is 522. The third-order valence-corrected chi connectivity index (χ3v) is 4.60. The number of carbonyl (C=O) groups is 2. The highest BCUT2D eigenvalue weighted by Gasteiger charge is 2.20. The van der Waals surface area contributed by atoms with Gasteiger partial charge in [-0.15, -0.1) is 24.2 Å². The number of halogens is 1. The molecular formula is C16H23ClN2O3S. The van der Waals surface area contributed by atoms with Crippen LogP contribution in [0.25, 0.3) is 0 Å². The number of carbonyl (C=O) groups excluding carboxylic acids is 2. The molecule has 0 spiro atoms. The molecule has 1 aliphatic heterocycles. The lowest BCUT2D eigenvalue weighted by atomic mass is 9.97. The van der Waals surface area contributed by atoms with E-state index in [1.807, 2.05) is 24.3 Å². The van der Waals surface area contributed by atoms with Gasteiger partial charge in [0.2, 0.25) is 5.91 Å². The number of rotatable bonds is 6. The topological polar surface area (TPSA) is 67.4 Å². The molecule has 5 nitrogen and oxygen atoms in total. The van der Waals surface area contributed by atoms with Crippen molar-refractivity contribution in [3.63, 3.8) is 0 Å². The Hall–Kier alpha value is -1.24. The minimum atomic E-state index is -0.222. The van der Waals surface area contributed by atoms with E-state index in [2.05, 4.69) is 15.4 Å². The van der Waals surface area contributed by atoms with Gasteiger partial charge in [0.05, 0.1) is 12.9 Å². The highest BCUT2D eigenvalue weighted by molar-refractivity contribution is 7.99. The molecule has 1 aliphatic rings. The van der Waals surface area contributed by atoms with E-state index in [-0.39, 0.29) is 30.2 Å². The lowest BCUT2D eigenvalue weighted by molar-refractivity contribution is -0.137. The van der Waals surface area contributed by atoms with Crippen molar-refractivity contribution in [2.24, 2.45) is 5.92 Å². The van der Waals surface area contributed by atoms with Crippen LogP contribution in [0.5, 0.6) is 0 Å². The number of benzene rings is 1. The van der Waals surface area contributed by atoms with Gasteiger partial charge in [-0.3, -0.25) is 9.59 Å². The minimum Gasteiger partial charge on any atom is -0.468 e. The maximum absolute atomic E-state index is 12.2. The molecule has 2 N–H and O–H groups in total. The van der Waals surface area contributed by atoms with Crippen LogP contribution in [0.2, 0.25) is 0 Å². The molecular weight excluding hydrogens is 336 g/mol. The molecule has 23 heavy (non-hydrogen) atoms. The molecule has 1 heterocycles. The normalized spacial score (nSPS) is 14.7. The first-order valence-corrected chi connectivity index (χ1v) is 8.59. The molecule has 128 valence electrons. The number of piperidine rings is 1. The Morgan fingerprint density at radius 2 is 2.09 bits per heavy atom. The standard InChI is InChI=1S/C16H22N2O3S.ClH/c1-21-15(19)11-22-10-12-3-2-4-14(9-12)18-16(20)13-5-7-17-8-6-13;/h2-4,9,13,17H,5-8,10-11H2,1H3,(H,18,20);1H. The number of nitrogens with one attached hydrogen (secondary N) is 2. The lowest BCUT2D eigenvalue weighted by Gasteiger charge is -2.21. The van der Waals surface area contributed by atoms with Crippen molar-refractivity contribution in [3.8, 4) is 0 Å². The average Bonchev–Trinajstić information content (AvgIpc) is 2.56. The summed E-state index contributed by atoms with van der Waals surface area (Å²) in [6.07, 6.45) is 1.78. The first-order chi connectivity index (χ1) is 10.7. The van der Waals surface area contributed by atoms with E-state index in [1.54, 1.807) is 0 Å². The van der Waals surface area contributed by atoms with Crippen LogP contribution in [-0.4, -0.2) is 37.8 Å². The van der Waals surface area contributed by atoms with Crippen molar-refractivity contribution in [2.75, 3.05) is 31.3 Å². The van der Waals surface area contributed by atoms with Crippen LogP contribution in [0.1, 0.15) is 18.4 Å². The molecule has 0 unspecified atom stereocenters. The zero-order valence-corrected chi connectivity index (χ0v) is 14.8. The minimum absolute atomic E-state index is 0. The summed E-state index contributed by atoms with van der Waals surface area (Å²) < 4.78 is 4.61. The van der Waals surface area contributed by atoms with Crippen molar-refractivity contribution in [3.05, 3.63) is 29.8 Å². The summed E-state index contributed by atoms with van der Waals surface area (Å²) in [6.45, 7) is 1.81. The summed E-state index contributed by atoms with van der Waals surface area (Å²) in [7, 11) is 1.39. The summed E-state index contributed by atoms with van der Waals surface area (Å²) in [5, 5.41) is 6.25. The molecule has 1 aromatic rings. The zero-order chi connectivity index (χ0) is 15.8. The van der Waals surface area contributed by atoms with Crippen LogP contribution in [-0.2, 0) is 20.1 Å². The molecule has 1 aromatic carbocycles. The fraction of sp³-hybridized carbons (Fsp3) is 0.500. The Labute approximate surface area is 147 Å². The van der Waals surface area contributed by atoms with Crippen LogP contribution < -0.4 is 10.6 Å². The molecule has 0 radical (unpaired) electrons. The SMILES string of the molecule is COC(=O)CSCc1cccc(NC(=O)C2CCNCC2)c1.Cl. The molecule has 1 fully saturated rings. The second-order valence-electron chi connectivity index (χ2n) is 5.28. The van der Waals surface area contributed by atoms with Gasteiger partial charge in [-0.1, -0.05) is 12.1 Å². The monoisotopic (exact) mass is 358 g/mol. The third-order valence-electron chi connectivity index (χ3n) is 3.62. The Morgan fingerprint density at radius 3 is 2.78 bits per heavy atom.